The van der Waals surface area contributed by atoms with Gasteiger partial charge in [0.15, 0.2) is 11.6 Å². The van der Waals surface area contributed by atoms with Crippen molar-refractivity contribution < 1.29 is 9.13 Å². The highest BCUT2D eigenvalue weighted by molar-refractivity contribution is 5.31. The average molecular weight is 249 g/mol. The Hall–Kier alpha value is -1.53. The first-order valence-corrected chi connectivity index (χ1v) is 5.97. The van der Waals surface area contributed by atoms with Crippen molar-refractivity contribution in [3.63, 3.8) is 0 Å². The van der Waals surface area contributed by atoms with E-state index in [0.717, 1.165) is 5.56 Å². The predicted octanol–water partition coefficient (Wildman–Crippen LogP) is 3.27. The van der Waals surface area contributed by atoms with Crippen molar-refractivity contribution in [2.45, 2.75) is 33.7 Å². The van der Waals surface area contributed by atoms with Crippen molar-refractivity contribution in [1.82, 2.24) is 0 Å². The molecule has 1 atom stereocenters. The molecule has 0 amide bonds. The topological polar surface area (TPSA) is 35.2 Å². The third-order valence-corrected chi connectivity index (χ3v) is 2.24. The van der Waals surface area contributed by atoms with Gasteiger partial charge in [-0.2, -0.15) is 0 Å². The summed E-state index contributed by atoms with van der Waals surface area (Å²) in [5.74, 6) is 5.71. The lowest BCUT2D eigenvalue weighted by atomic mass is 9.98. The molecule has 0 aliphatic heterocycles. The maximum absolute atomic E-state index is 13.6. The molecule has 1 aromatic carbocycles. The van der Waals surface area contributed by atoms with Gasteiger partial charge in [-0.05, 0) is 45.4 Å². The lowest BCUT2D eigenvalue weighted by Gasteiger charge is -2.09. The monoisotopic (exact) mass is 249 g/mol. The molecule has 2 N–H and O–H groups in total. The van der Waals surface area contributed by atoms with E-state index in [1.807, 2.05) is 27.7 Å². The smallest absolute Gasteiger partial charge is 0.165 e. The van der Waals surface area contributed by atoms with Crippen LogP contribution in [0.4, 0.5) is 4.39 Å². The SMILES string of the molecule is C[C@@H](N)c1ccc(OCC#CC(C)(C)C)c(F)c1. The van der Waals surface area contributed by atoms with E-state index in [2.05, 4.69) is 11.8 Å². The summed E-state index contributed by atoms with van der Waals surface area (Å²) < 4.78 is 18.9. The third kappa shape index (κ3) is 4.77. The molecule has 2 nitrogen and oxygen atoms in total. The van der Waals surface area contributed by atoms with Crippen molar-refractivity contribution in [3.05, 3.63) is 29.6 Å². The van der Waals surface area contributed by atoms with Gasteiger partial charge in [-0.1, -0.05) is 17.9 Å². The molecule has 0 aliphatic carbocycles. The number of halogens is 1. The highest BCUT2D eigenvalue weighted by Gasteiger charge is 2.07. The fourth-order valence-corrected chi connectivity index (χ4v) is 1.33. The number of hydrogen-bond acceptors (Lipinski definition) is 2. The molecule has 0 saturated heterocycles. The van der Waals surface area contributed by atoms with Gasteiger partial charge < -0.3 is 10.5 Å². The minimum absolute atomic E-state index is 0.0687. The Labute approximate surface area is 108 Å². The van der Waals surface area contributed by atoms with Crippen LogP contribution in [-0.2, 0) is 0 Å². The highest BCUT2D eigenvalue weighted by Crippen LogP contribution is 2.21. The summed E-state index contributed by atoms with van der Waals surface area (Å²) in [5.41, 5.74) is 6.35. The van der Waals surface area contributed by atoms with E-state index in [0.29, 0.717) is 0 Å². The van der Waals surface area contributed by atoms with Crippen LogP contribution >= 0.6 is 0 Å². The average Bonchev–Trinajstić information content (AvgIpc) is 2.24. The van der Waals surface area contributed by atoms with Gasteiger partial charge in [0, 0.05) is 11.5 Å². The predicted molar refractivity (Wildman–Crippen MR) is 71.7 cm³/mol. The maximum atomic E-state index is 13.6. The lowest BCUT2D eigenvalue weighted by molar-refractivity contribution is 0.347. The molecule has 0 fully saturated rings. The van der Waals surface area contributed by atoms with Gasteiger partial charge in [0.25, 0.3) is 0 Å². The molecule has 98 valence electrons. The molecule has 1 rings (SSSR count). The Morgan fingerprint density at radius 3 is 2.56 bits per heavy atom. The van der Waals surface area contributed by atoms with E-state index < -0.39 is 5.82 Å². The summed E-state index contributed by atoms with van der Waals surface area (Å²) in [6, 6.07) is 4.57. The van der Waals surface area contributed by atoms with Crippen molar-refractivity contribution in [2.24, 2.45) is 11.1 Å². The standard InChI is InChI=1S/C15H20FNO/c1-11(17)12-6-7-14(13(16)10-12)18-9-5-8-15(2,3)4/h6-7,10-11H,9,17H2,1-4H3/t11-/m1/s1. The molecule has 0 spiro atoms. The zero-order chi connectivity index (χ0) is 13.8. The Morgan fingerprint density at radius 2 is 2.06 bits per heavy atom. The molecule has 18 heavy (non-hydrogen) atoms. The van der Waals surface area contributed by atoms with E-state index in [9.17, 15) is 4.39 Å². The zero-order valence-electron chi connectivity index (χ0n) is 11.4. The van der Waals surface area contributed by atoms with Crippen LogP contribution in [-0.4, -0.2) is 6.61 Å². The van der Waals surface area contributed by atoms with Gasteiger partial charge >= 0.3 is 0 Å². The van der Waals surface area contributed by atoms with Crippen LogP contribution < -0.4 is 10.5 Å². The van der Waals surface area contributed by atoms with Gasteiger partial charge in [0.1, 0.15) is 6.61 Å². The van der Waals surface area contributed by atoms with Gasteiger partial charge in [0.2, 0.25) is 0 Å². The number of benzene rings is 1. The Balaban J connectivity index is 2.66. The zero-order valence-corrected chi connectivity index (χ0v) is 11.4. The summed E-state index contributed by atoms with van der Waals surface area (Å²) in [7, 11) is 0. The minimum atomic E-state index is -0.401. The molecule has 1 aromatic rings. The summed E-state index contributed by atoms with van der Waals surface area (Å²) in [6.07, 6.45) is 0. The van der Waals surface area contributed by atoms with Crippen LogP contribution in [0.1, 0.15) is 39.3 Å². The third-order valence-electron chi connectivity index (χ3n) is 2.24. The van der Waals surface area contributed by atoms with Crippen molar-refractivity contribution >= 4 is 0 Å². The van der Waals surface area contributed by atoms with Crippen LogP contribution in [0.2, 0.25) is 0 Å². The molecule has 0 unspecified atom stereocenters. The first kappa shape index (κ1) is 14.5. The number of rotatable bonds is 3. The van der Waals surface area contributed by atoms with E-state index in [1.165, 1.54) is 6.07 Å². The molecule has 3 heteroatoms. The molecule has 0 radical (unpaired) electrons. The van der Waals surface area contributed by atoms with Crippen molar-refractivity contribution in [3.8, 4) is 17.6 Å². The number of nitrogens with two attached hydrogens (primary N) is 1. The summed E-state index contributed by atoms with van der Waals surface area (Å²) in [5, 5.41) is 0. The number of ether oxygens (including phenoxy) is 1. The van der Waals surface area contributed by atoms with Crippen LogP contribution in [0.5, 0.6) is 5.75 Å². The Bertz CT molecular complexity index is 464. The normalized spacial score (nSPS) is 12.6. The lowest BCUT2D eigenvalue weighted by Crippen LogP contribution is -2.06. The number of hydrogen-bond donors (Lipinski definition) is 1. The minimum Gasteiger partial charge on any atom is -0.478 e. The van der Waals surface area contributed by atoms with Gasteiger partial charge in [0.05, 0.1) is 0 Å². The van der Waals surface area contributed by atoms with E-state index in [1.54, 1.807) is 12.1 Å². The van der Waals surface area contributed by atoms with Gasteiger partial charge in [-0.25, -0.2) is 4.39 Å². The molecule has 0 aromatic heterocycles. The molecule has 0 aliphatic rings. The molecular formula is C15H20FNO. The van der Waals surface area contributed by atoms with E-state index in [4.69, 9.17) is 10.5 Å². The van der Waals surface area contributed by atoms with Crippen LogP contribution in [0, 0.1) is 23.1 Å². The summed E-state index contributed by atoms with van der Waals surface area (Å²) in [4.78, 5) is 0. The van der Waals surface area contributed by atoms with Gasteiger partial charge in [-0.3, -0.25) is 0 Å². The van der Waals surface area contributed by atoms with Crippen LogP contribution in [0.3, 0.4) is 0 Å². The quantitative estimate of drug-likeness (QED) is 0.834. The largest absolute Gasteiger partial charge is 0.478 e. The molecule has 0 heterocycles. The maximum Gasteiger partial charge on any atom is 0.165 e. The van der Waals surface area contributed by atoms with E-state index >= 15 is 0 Å². The second kappa shape index (κ2) is 5.88. The summed E-state index contributed by atoms with van der Waals surface area (Å²) in [6.45, 7) is 8.03. The highest BCUT2D eigenvalue weighted by atomic mass is 19.1. The Kier molecular flexibility index (Phi) is 4.75. The van der Waals surface area contributed by atoms with Crippen molar-refractivity contribution in [2.75, 3.05) is 6.61 Å². The fourth-order valence-electron chi connectivity index (χ4n) is 1.33. The Morgan fingerprint density at radius 1 is 1.39 bits per heavy atom. The van der Waals surface area contributed by atoms with Gasteiger partial charge in [-0.15, -0.1) is 0 Å². The van der Waals surface area contributed by atoms with E-state index in [-0.39, 0.29) is 23.8 Å². The van der Waals surface area contributed by atoms with Crippen LogP contribution in [0.25, 0.3) is 0 Å². The first-order valence-electron chi connectivity index (χ1n) is 5.97. The molecule has 0 saturated carbocycles. The molecular weight excluding hydrogens is 229 g/mol. The summed E-state index contributed by atoms with van der Waals surface area (Å²) >= 11 is 0. The van der Waals surface area contributed by atoms with Crippen molar-refractivity contribution in [1.29, 1.82) is 0 Å². The van der Waals surface area contributed by atoms with Crippen LogP contribution in [0.15, 0.2) is 18.2 Å². The fraction of sp³-hybridized carbons (Fsp3) is 0.467. The first-order chi connectivity index (χ1) is 8.29. The molecule has 0 bridgehead atoms. The second-order valence-electron chi connectivity index (χ2n) is 5.32. The second-order valence-corrected chi connectivity index (χ2v) is 5.32.